The van der Waals surface area contributed by atoms with Crippen molar-refractivity contribution in [2.24, 2.45) is 0 Å². The molecule has 0 amide bonds. The van der Waals surface area contributed by atoms with E-state index in [4.69, 9.17) is 4.74 Å². The minimum absolute atomic E-state index is 0.313. The van der Waals surface area contributed by atoms with Crippen LogP contribution < -0.4 is 10.1 Å². The Kier molecular flexibility index (Phi) is 5.36. The third kappa shape index (κ3) is 4.05. The maximum absolute atomic E-state index is 5.35. The summed E-state index contributed by atoms with van der Waals surface area (Å²) in [6.45, 7) is 5.51. The maximum Gasteiger partial charge on any atom is 0.119 e. The molecule has 1 aliphatic carbocycles. The molecule has 0 radical (unpaired) electrons. The number of hydrogen-bond donors (Lipinski definition) is 1. The average Bonchev–Trinajstić information content (AvgIpc) is 3.02. The lowest BCUT2D eigenvalue weighted by Gasteiger charge is -2.19. The van der Waals surface area contributed by atoms with Gasteiger partial charge in [0.15, 0.2) is 0 Å². The molecule has 0 heterocycles. The normalized spacial score (nSPS) is 14.5. The third-order valence-corrected chi connectivity index (χ3v) is 6.69. The molecule has 4 rings (SSSR count). The van der Waals surface area contributed by atoms with E-state index in [1.807, 2.05) is 12.1 Å². The Hall–Kier alpha value is -2.39. The highest BCUT2D eigenvalue weighted by atomic mass is 32.2. The monoisotopic (exact) mass is 389 g/mol. The number of methoxy groups -OCH3 is 1. The molecule has 28 heavy (non-hydrogen) atoms. The molecule has 2 nitrogen and oxygen atoms in total. The highest BCUT2D eigenvalue weighted by molar-refractivity contribution is 7.99. The molecule has 0 saturated carbocycles. The first kappa shape index (κ1) is 18.9. The molecular formula is C25H27NOS. The summed E-state index contributed by atoms with van der Waals surface area (Å²) >= 11 is 1.78. The van der Waals surface area contributed by atoms with Gasteiger partial charge in [-0.2, -0.15) is 0 Å². The minimum atomic E-state index is 0.313. The van der Waals surface area contributed by atoms with Crippen LogP contribution >= 0.6 is 11.8 Å². The van der Waals surface area contributed by atoms with Crippen molar-refractivity contribution in [2.45, 2.75) is 48.4 Å². The summed E-state index contributed by atoms with van der Waals surface area (Å²) < 4.78 is 5.35. The van der Waals surface area contributed by atoms with E-state index in [2.05, 4.69) is 73.8 Å². The maximum atomic E-state index is 5.35. The van der Waals surface area contributed by atoms with Crippen molar-refractivity contribution in [3.8, 4) is 5.75 Å². The van der Waals surface area contributed by atoms with Gasteiger partial charge >= 0.3 is 0 Å². The zero-order valence-corrected chi connectivity index (χ0v) is 17.6. The molecule has 144 valence electrons. The minimum Gasteiger partial charge on any atom is -0.497 e. The molecule has 3 heteroatoms. The number of fused-ring (bicyclic) bond motifs is 1. The van der Waals surface area contributed by atoms with Crippen LogP contribution in [-0.2, 0) is 18.4 Å². The van der Waals surface area contributed by atoms with E-state index in [0.29, 0.717) is 5.41 Å². The Bertz CT molecular complexity index is 980. The van der Waals surface area contributed by atoms with Crippen molar-refractivity contribution in [2.75, 3.05) is 12.4 Å². The first-order chi connectivity index (χ1) is 13.5. The molecule has 0 bridgehead atoms. The summed E-state index contributed by atoms with van der Waals surface area (Å²) in [6, 6.07) is 23.7. The summed E-state index contributed by atoms with van der Waals surface area (Å²) in [5.74, 6) is 0.890. The van der Waals surface area contributed by atoms with E-state index in [1.54, 1.807) is 18.9 Å². The molecule has 3 aromatic rings. The molecule has 0 aliphatic heterocycles. The highest BCUT2D eigenvalue weighted by Crippen LogP contribution is 2.39. The largest absolute Gasteiger partial charge is 0.497 e. The predicted molar refractivity (Wildman–Crippen MR) is 119 cm³/mol. The second-order valence-corrected chi connectivity index (χ2v) is 9.11. The summed E-state index contributed by atoms with van der Waals surface area (Å²) in [4.78, 5) is 2.46. The van der Waals surface area contributed by atoms with Crippen molar-refractivity contribution in [3.63, 3.8) is 0 Å². The van der Waals surface area contributed by atoms with Gasteiger partial charge in [0.1, 0.15) is 5.75 Å². The first-order valence-electron chi connectivity index (χ1n) is 9.82. The van der Waals surface area contributed by atoms with Gasteiger partial charge in [0.05, 0.1) is 7.11 Å². The average molecular weight is 390 g/mol. The Morgan fingerprint density at radius 3 is 2.71 bits per heavy atom. The molecule has 0 saturated heterocycles. The van der Waals surface area contributed by atoms with Crippen LogP contribution in [0.15, 0.2) is 76.5 Å². The van der Waals surface area contributed by atoms with E-state index in [9.17, 15) is 0 Å². The third-order valence-electron chi connectivity index (χ3n) is 5.58. The van der Waals surface area contributed by atoms with Gasteiger partial charge in [0.25, 0.3) is 0 Å². The number of benzene rings is 3. The number of aryl methyl sites for hydroxylation is 1. The van der Waals surface area contributed by atoms with Crippen LogP contribution in [0.4, 0.5) is 5.69 Å². The van der Waals surface area contributed by atoms with Crippen LogP contribution in [0.5, 0.6) is 5.75 Å². The van der Waals surface area contributed by atoms with Crippen LogP contribution in [0, 0.1) is 0 Å². The first-order valence-corrected chi connectivity index (χ1v) is 10.6. The zero-order valence-electron chi connectivity index (χ0n) is 16.8. The number of ether oxygens (including phenoxy) is 1. The van der Waals surface area contributed by atoms with E-state index >= 15 is 0 Å². The Morgan fingerprint density at radius 1 is 1.00 bits per heavy atom. The quantitative estimate of drug-likeness (QED) is 0.508. The van der Waals surface area contributed by atoms with E-state index in [1.165, 1.54) is 45.0 Å². The lowest BCUT2D eigenvalue weighted by Crippen LogP contribution is -2.11. The van der Waals surface area contributed by atoms with Gasteiger partial charge in [-0.15, -0.1) is 0 Å². The smallest absolute Gasteiger partial charge is 0.119 e. The molecule has 0 fully saturated rings. The van der Waals surface area contributed by atoms with Gasteiger partial charge in [-0.3, -0.25) is 0 Å². The van der Waals surface area contributed by atoms with Crippen LogP contribution in [0.2, 0.25) is 0 Å². The van der Waals surface area contributed by atoms with E-state index in [-0.39, 0.29) is 0 Å². The molecule has 3 aromatic carbocycles. The van der Waals surface area contributed by atoms with Gasteiger partial charge in [0, 0.05) is 22.0 Å². The van der Waals surface area contributed by atoms with Crippen molar-refractivity contribution in [1.82, 2.24) is 0 Å². The summed E-state index contributed by atoms with van der Waals surface area (Å²) in [6.07, 6.45) is 2.42. The van der Waals surface area contributed by atoms with Gasteiger partial charge in [0.2, 0.25) is 0 Å². The van der Waals surface area contributed by atoms with Crippen molar-refractivity contribution < 1.29 is 4.74 Å². The standard InChI is InChI=1S/C25H27NOS/c1-25(2)14-13-18-15-20(11-12-23(18)25)26-17-19-7-4-5-10-24(19)28-22-9-6-8-21(16-22)27-3/h4-12,15-16,26H,13-14,17H2,1-3H3. The van der Waals surface area contributed by atoms with E-state index in [0.717, 1.165) is 12.3 Å². The summed E-state index contributed by atoms with van der Waals surface area (Å²) in [5, 5.41) is 3.63. The predicted octanol–water partition coefficient (Wildman–Crippen LogP) is 6.68. The molecular weight excluding hydrogens is 362 g/mol. The molecule has 0 aromatic heterocycles. The highest BCUT2D eigenvalue weighted by Gasteiger charge is 2.29. The topological polar surface area (TPSA) is 21.3 Å². The molecule has 0 unspecified atom stereocenters. The number of rotatable bonds is 6. The second-order valence-electron chi connectivity index (χ2n) is 8.00. The van der Waals surface area contributed by atoms with Gasteiger partial charge in [-0.1, -0.05) is 55.9 Å². The van der Waals surface area contributed by atoms with Crippen LogP contribution in [-0.4, -0.2) is 7.11 Å². The second kappa shape index (κ2) is 7.92. The van der Waals surface area contributed by atoms with Crippen LogP contribution in [0.1, 0.15) is 37.0 Å². The van der Waals surface area contributed by atoms with Crippen molar-refractivity contribution >= 4 is 17.4 Å². The fraction of sp³-hybridized carbons (Fsp3) is 0.280. The fourth-order valence-electron chi connectivity index (χ4n) is 3.89. The summed E-state index contributed by atoms with van der Waals surface area (Å²) in [7, 11) is 1.71. The molecule has 0 atom stereocenters. The van der Waals surface area contributed by atoms with E-state index < -0.39 is 0 Å². The van der Waals surface area contributed by atoms with Crippen molar-refractivity contribution in [1.29, 1.82) is 0 Å². The van der Waals surface area contributed by atoms with Gasteiger partial charge in [-0.05, 0) is 71.3 Å². The lowest BCUT2D eigenvalue weighted by molar-refractivity contribution is 0.413. The van der Waals surface area contributed by atoms with Crippen LogP contribution in [0.3, 0.4) is 0 Å². The SMILES string of the molecule is COc1cccc(Sc2ccccc2CNc2ccc3c(c2)CCC3(C)C)c1. The fourth-order valence-corrected chi connectivity index (χ4v) is 4.88. The zero-order chi connectivity index (χ0) is 19.6. The Morgan fingerprint density at radius 2 is 1.86 bits per heavy atom. The van der Waals surface area contributed by atoms with Gasteiger partial charge in [-0.25, -0.2) is 0 Å². The number of hydrogen-bond acceptors (Lipinski definition) is 3. The molecule has 1 N–H and O–H groups in total. The Labute approximate surface area is 172 Å². The van der Waals surface area contributed by atoms with Gasteiger partial charge < -0.3 is 10.1 Å². The Balaban J connectivity index is 1.49. The lowest BCUT2D eigenvalue weighted by atomic mass is 9.86. The summed E-state index contributed by atoms with van der Waals surface area (Å²) in [5.41, 5.74) is 5.82. The number of nitrogens with one attached hydrogen (secondary N) is 1. The number of anilines is 1. The van der Waals surface area contributed by atoms with Crippen LogP contribution in [0.25, 0.3) is 0 Å². The molecule has 0 spiro atoms. The molecule has 1 aliphatic rings. The van der Waals surface area contributed by atoms with Crippen molar-refractivity contribution in [3.05, 3.63) is 83.4 Å².